The summed E-state index contributed by atoms with van der Waals surface area (Å²) in [6, 6.07) is 8.58. The number of fused-ring (bicyclic) bond motifs is 1. The normalized spacial score (nSPS) is 12.0. The lowest BCUT2D eigenvalue weighted by molar-refractivity contribution is -0.127. The highest BCUT2D eigenvalue weighted by atomic mass is 32.1. The van der Waals surface area contributed by atoms with Crippen molar-refractivity contribution in [1.29, 1.82) is 0 Å². The van der Waals surface area contributed by atoms with Gasteiger partial charge in [0.05, 0.1) is 0 Å². The van der Waals surface area contributed by atoms with Crippen LogP contribution in [0.25, 0.3) is 10.1 Å². The molecule has 0 saturated heterocycles. The molecule has 1 aromatic carbocycles. The molecule has 0 spiro atoms. The first kappa shape index (κ1) is 17.0. The maximum atomic E-state index is 12.1. The van der Waals surface area contributed by atoms with Crippen LogP contribution in [0.15, 0.2) is 30.3 Å². The zero-order valence-corrected chi connectivity index (χ0v) is 13.9. The van der Waals surface area contributed by atoms with E-state index in [1.165, 1.54) is 18.3 Å². The molecule has 0 fully saturated rings. The van der Waals surface area contributed by atoms with E-state index < -0.39 is 24.0 Å². The number of imide groups is 1. The van der Waals surface area contributed by atoms with E-state index in [1.54, 1.807) is 19.9 Å². The molecule has 0 bridgehead atoms. The summed E-state index contributed by atoms with van der Waals surface area (Å²) >= 11 is 1.30. The largest absolute Gasteiger partial charge is 0.448 e. The van der Waals surface area contributed by atoms with E-state index >= 15 is 0 Å². The van der Waals surface area contributed by atoms with Crippen LogP contribution in [0.2, 0.25) is 0 Å². The highest BCUT2D eigenvalue weighted by Gasteiger charge is 2.22. The second-order valence-corrected chi connectivity index (χ2v) is 6.40. The van der Waals surface area contributed by atoms with Crippen LogP contribution < -0.4 is 10.6 Å². The van der Waals surface area contributed by atoms with Gasteiger partial charge in [0.2, 0.25) is 0 Å². The number of urea groups is 1. The van der Waals surface area contributed by atoms with Gasteiger partial charge in [-0.15, -0.1) is 11.3 Å². The topological polar surface area (TPSA) is 84.5 Å². The third kappa shape index (κ3) is 4.53. The number of carbonyl (C=O) groups excluding carboxylic acids is 3. The molecule has 0 aliphatic carbocycles. The van der Waals surface area contributed by atoms with Crippen molar-refractivity contribution in [3.8, 4) is 0 Å². The molecule has 2 rings (SSSR count). The van der Waals surface area contributed by atoms with Crippen LogP contribution in [0.4, 0.5) is 4.79 Å². The van der Waals surface area contributed by atoms with Gasteiger partial charge in [0, 0.05) is 10.7 Å². The van der Waals surface area contributed by atoms with Crippen LogP contribution in [0, 0.1) is 0 Å². The summed E-state index contributed by atoms with van der Waals surface area (Å²) in [5, 5.41) is 5.60. The van der Waals surface area contributed by atoms with Gasteiger partial charge in [-0.05, 0) is 38.3 Å². The van der Waals surface area contributed by atoms with Crippen LogP contribution in [0.5, 0.6) is 0 Å². The standard InChI is InChI=1S/C16H18N2O4S/c1-9(2)17-16(21)18-14(19)10(3)22-15(20)13-8-11-6-4-5-7-12(11)23-13/h4-10H,1-3H3,(H2,17,18,19,21)/t10-/m1/s1. The quantitative estimate of drug-likeness (QED) is 0.842. The number of carbonyl (C=O) groups is 3. The van der Waals surface area contributed by atoms with E-state index in [1.807, 2.05) is 24.3 Å². The van der Waals surface area contributed by atoms with Crippen LogP contribution >= 0.6 is 11.3 Å². The predicted octanol–water partition coefficient (Wildman–Crippen LogP) is 2.68. The van der Waals surface area contributed by atoms with Crippen LogP contribution in [0.3, 0.4) is 0 Å². The Morgan fingerprint density at radius 2 is 1.83 bits per heavy atom. The number of thiophene rings is 1. The van der Waals surface area contributed by atoms with Gasteiger partial charge >= 0.3 is 12.0 Å². The molecule has 1 aromatic heterocycles. The molecule has 0 unspecified atom stereocenters. The van der Waals surface area contributed by atoms with Crippen LogP contribution in [0.1, 0.15) is 30.4 Å². The monoisotopic (exact) mass is 334 g/mol. The Bertz CT molecular complexity index is 706. The second-order valence-electron chi connectivity index (χ2n) is 5.31. The molecule has 0 aliphatic rings. The number of benzene rings is 1. The number of amides is 3. The zero-order valence-electron chi connectivity index (χ0n) is 13.1. The van der Waals surface area contributed by atoms with Crippen molar-refractivity contribution >= 4 is 39.3 Å². The fourth-order valence-corrected chi connectivity index (χ4v) is 2.81. The van der Waals surface area contributed by atoms with Gasteiger partial charge in [-0.3, -0.25) is 10.1 Å². The molecule has 0 aliphatic heterocycles. The lowest BCUT2D eigenvalue weighted by Crippen LogP contribution is -2.46. The number of esters is 1. The van der Waals surface area contributed by atoms with E-state index in [4.69, 9.17) is 4.74 Å². The molecule has 1 heterocycles. The molecule has 0 radical (unpaired) electrons. The zero-order chi connectivity index (χ0) is 17.0. The smallest absolute Gasteiger partial charge is 0.349 e. The molecule has 122 valence electrons. The van der Waals surface area contributed by atoms with Gasteiger partial charge < -0.3 is 10.1 Å². The van der Waals surface area contributed by atoms with E-state index in [2.05, 4.69) is 10.6 Å². The van der Waals surface area contributed by atoms with Crippen molar-refractivity contribution in [1.82, 2.24) is 10.6 Å². The van der Waals surface area contributed by atoms with Gasteiger partial charge in [0.15, 0.2) is 6.10 Å². The first-order chi connectivity index (χ1) is 10.9. The van der Waals surface area contributed by atoms with E-state index in [9.17, 15) is 14.4 Å². The average Bonchev–Trinajstić information content (AvgIpc) is 2.90. The van der Waals surface area contributed by atoms with Crippen molar-refractivity contribution in [2.24, 2.45) is 0 Å². The number of hydrogen-bond acceptors (Lipinski definition) is 5. The molecule has 1 atom stereocenters. The fourth-order valence-electron chi connectivity index (χ4n) is 1.87. The molecule has 0 saturated carbocycles. The summed E-state index contributed by atoms with van der Waals surface area (Å²) in [5.74, 6) is -1.25. The molecule has 6 nitrogen and oxygen atoms in total. The highest BCUT2D eigenvalue weighted by molar-refractivity contribution is 7.20. The predicted molar refractivity (Wildman–Crippen MR) is 88.5 cm³/mol. The summed E-state index contributed by atoms with van der Waals surface area (Å²) in [6.07, 6.45) is -1.06. The van der Waals surface area contributed by atoms with Gasteiger partial charge in [-0.1, -0.05) is 18.2 Å². The average molecular weight is 334 g/mol. The Kier molecular flexibility index (Phi) is 5.33. The second kappa shape index (κ2) is 7.23. The van der Waals surface area contributed by atoms with E-state index in [0.29, 0.717) is 4.88 Å². The summed E-state index contributed by atoms with van der Waals surface area (Å²) in [6.45, 7) is 4.97. The van der Waals surface area contributed by atoms with Crippen molar-refractivity contribution in [2.75, 3.05) is 0 Å². The van der Waals surface area contributed by atoms with Crippen molar-refractivity contribution in [3.05, 3.63) is 35.2 Å². The van der Waals surface area contributed by atoms with Crippen molar-refractivity contribution < 1.29 is 19.1 Å². The Labute approximate surface area is 137 Å². The summed E-state index contributed by atoms with van der Waals surface area (Å²) in [4.78, 5) is 35.8. The van der Waals surface area contributed by atoms with Crippen molar-refractivity contribution in [2.45, 2.75) is 32.9 Å². The Balaban J connectivity index is 1.96. The van der Waals surface area contributed by atoms with Crippen molar-refractivity contribution in [3.63, 3.8) is 0 Å². The van der Waals surface area contributed by atoms with E-state index in [0.717, 1.165) is 10.1 Å². The molecular weight excluding hydrogens is 316 g/mol. The van der Waals surface area contributed by atoms with Gasteiger partial charge in [-0.25, -0.2) is 9.59 Å². The van der Waals surface area contributed by atoms with E-state index in [-0.39, 0.29) is 6.04 Å². The molecular formula is C16H18N2O4S. The minimum Gasteiger partial charge on any atom is -0.448 e. The molecule has 3 amide bonds. The minimum absolute atomic E-state index is 0.0980. The summed E-state index contributed by atoms with van der Waals surface area (Å²) < 4.78 is 6.08. The van der Waals surface area contributed by atoms with Gasteiger partial charge in [0.25, 0.3) is 5.91 Å². The minimum atomic E-state index is -1.06. The SMILES string of the molecule is CC(C)NC(=O)NC(=O)[C@@H](C)OC(=O)c1cc2ccccc2s1. The third-order valence-corrected chi connectivity index (χ3v) is 4.03. The Hall–Kier alpha value is -2.41. The third-order valence-electron chi connectivity index (χ3n) is 2.94. The molecule has 2 N–H and O–H groups in total. The molecule has 23 heavy (non-hydrogen) atoms. The molecule has 7 heteroatoms. The maximum Gasteiger partial charge on any atom is 0.349 e. The fraction of sp³-hybridized carbons (Fsp3) is 0.312. The maximum absolute atomic E-state index is 12.1. The Morgan fingerprint density at radius 3 is 2.48 bits per heavy atom. The first-order valence-corrected chi connectivity index (χ1v) is 7.99. The van der Waals surface area contributed by atoms with Gasteiger partial charge in [0.1, 0.15) is 4.88 Å². The first-order valence-electron chi connectivity index (χ1n) is 7.17. The molecule has 2 aromatic rings. The lowest BCUT2D eigenvalue weighted by atomic mass is 10.2. The Morgan fingerprint density at radius 1 is 1.13 bits per heavy atom. The highest BCUT2D eigenvalue weighted by Crippen LogP contribution is 2.26. The van der Waals surface area contributed by atoms with Crippen LogP contribution in [-0.2, 0) is 9.53 Å². The number of rotatable bonds is 4. The number of nitrogens with one attached hydrogen (secondary N) is 2. The summed E-state index contributed by atoms with van der Waals surface area (Å²) in [5.41, 5.74) is 0. The van der Waals surface area contributed by atoms with Crippen LogP contribution in [-0.4, -0.2) is 30.1 Å². The summed E-state index contributed by atoms with van der Waals surface area (Å²) in [7, 11) is 0. The number of hydrogen-bond donors (Lipinski definition) is 2. The van der Waals surface area contributed by atoms with Gasteiger partial charge in [-0.2, -0.15) is 0 Å². The lowest BCUT2D eigenvalue weighted by Gasteiger charge is -2.13. The number of ether oxygens (including phenoxy) is 1.